The maximum Gasteiger partial charge on any atom is 0.341 e. The van der Waals surface area contributed by atoms with Crippen molar-refractivity contribution in [3.8, 4) is 0 Å². The molecule has 1 aromatic heterocycles. The number of nitrogens with two attached hydrogens (primary N) is 1. The molecule has 0 aliphatic rings. The third-order valence-corrected chi connectivity index (χ3v) is 3.20. The molecule has 0 aliphatic carbocycles. The van der Waals surface area contributed by atoms with Crippen LogP contribution < -0.4 is 11.1 Å². The summed E-state index contributed by atoms with van der Waals surface area (Å²) in [4.78, 5) is 27.8. The van der Waals surface area contributed by atoms with Crippen LogP contribution in [0.2, 0.25) is 5.15 Å². The molecule has 1 atom stereocenters. The standard InChI is InChI=1S/C15H13ClFN3O3/c1-8(14(21)20-12-3-2-6-19-13(12)16)23-15(22)10-5-4-9(17)7-11(10)18/h2-8H,18H2,1H3,(H,20,21)/t8-/m0/s1. The van der Waals surface area contributed by atoms with E-state index in [9.17, 15) is 14.0 Å². The number of benzene rings is 1. The minimum Gasteiger partial charge on any atom is -0.449 e. The van der Waals surface area contributed by atoms with E-state index in [2.05, 4.69) is 10.3 Å². The van der Waals surface area contributed by atoms with E-state index in [-0.39, 0.29) is 16.4 Å². The Morgan fingerprint density at radius 3 is 2.78 bits per heavy atom. The Kier molecular flexibility index (Phi) is 5.13. The number of nitrogens with zero attached hydrogens (tertiary/aromatic N) is 1. The minimum absolute atomic E-state index is 0.0227. The SMILES string of the molecule is C[C@H](OC(=O)c1ccc(F)cc1N)C(=O)Nc1cccnc1Cl. The number of nitrogen functional groups attached to an aromatic ring is 1. The number of nitrogens with one attached hydrogen (secondary N) is 1. The number of carbonyl (C=O) groups is 2. The highest BCUT2D eigenvalue weighted by Crippen LogP contribution is 2.19. The number of amides is 1. The highest BCUT2D eigenvalue weighted by Gasteiger charge is 2.21. The fourth-order valence-corrected chi connectivity index (χ4v) is 1.88. The summed E-state index contributed by atoms with van der Waals surface area (Å²) in [6.07, 6.45) is 0.363. The molecule has 2 rings (SSSR count). The molecule has 0 spiro atoms. The van der Waals surface area contributed by atoms with Gasteiger partial charge in [-0.15, -0.1) is 0 Å². The summed E-state index contributed by atoms with van der Waals surface area (Å²) >= 11 is 5.82. The zero-order valence-electron chi connectivity index (χ0n) is 12.0. The van der Waals surface area contributed by atoms with Gasteiger partial charge in [0.2, 0.25) is 0 Å². The topological polar surface area (TPSA) is 94.3 Å². The smallest absolute Gasteiger partial charge is 0.341 e. The van der Waals surface area contributed by atoms with E-state index < -0.39 is 23.8 Å². The number of anilines is 2. The summed E-state index contributed by atoms with van der Waals surface area (Å²) in [5, 5.41) is 2.60. The van der Waals surface area contributed by atoms with Crippen LogP contribution in [0.3, 0.4) is 0 Å². The summed E-state index contributed by atoms with van der Waals surface area (Å²) in [5.41, 5.74) is 5.75. The number of pyridine rings is 1. The molecule has 8 heteroatoms. The molecule has 0 radical (unpaired) electrons. The number of aromatic nitrogens is 1. The summed E-state index contributed by atoms with van der Waals surface area (Å²) < 4.78 is 18.0. The molecule has 2 aromatic rings. The van der Waals surface area contributed by atoms with Crippen molar-refractivity contribution in [3.63, 3.8) is 0 Å². The van der Waals surface area contributed by atoms with E-state index in [1.165, 1.54) is 19.2 Å². The van der Waals surface area contributed by atoms with E-state index in [4.69, 9.17) is 22.1 Å². The molecule has 0 bridgehead atoms. The van der Waals surface area contributed by atoms with Gasteiger partial charge in [-0.2, -0.15) is 0 Å². The van der Waals surface area contributed by atoms with Gasteiger partial charge in [-0.05, 0) is 37.3 Å². The lowest BCUT2D eigenvalue weighted by atomic mass is 10.2. The Morgan fingerprint density at radius 1 is 1.39 bits per heavy atom. The first-order valence-electron chi connectivity index (χ1n) is 6.56. The van der Waals surface area contributed by atoms with Crippen molar-refractivity contribution in [3.05, 3.63) is 53.1 Å². The second-order valence-corrected chi connectivity index (χ2v) is 4.97. The first-order valence-corrected chi connectivity index (χ1v) is 6.93. The van der Waals surface area contributed by atoms with Gasteiger partial charge in [0.25, 0.3) is 5.91 Å². The molecular weight excluding hydrogens is 325 g/mol. The fourth-order valence-electron chi connectivity index (χ4n) is 1.71. The van der Waals surface area contributed by atoms with Crippen molar-refractivity contribution in [1.82, 2.24) is 4.98 Å². The lowest BCUT2D eigenvalue weighted by Gasteiger charge is -2.14. The molecule has 23 heavy (non-hydrogen) atoms. The zero-order valence-corrected chi connectivity index (χ0v) is 12.8. The van der Waals surface area contributed by atoms with Gasteiger partial charge < -0.3 is 15.8 Å². The quantitative estimate of drug-likeness (QED) is 0.508. The number of ether oxygens (including phenoxy) is 1. The van der Waals surface area contributed by atoms with Gasteiger partial charge in [-0.25, -0.2) is 14.2 Å². The van der Waals surface area contributed by atoms with Gasteiger partial charge in [0.1, 0.15) is 5.82 Å². The Labute approximate surface area is 136 Å². The lowest BCUT2D eigenvalue weighted by Crippen LogP contribution is -2.30. The summed E-state index contributed by atoms with van der Waals surface area (Å²) in [6.45, 7) is 1.39. The van der Waals surface area contributed by atoms with Crippen LogP contribution in [0.1, 0.15) is 17.3 Å². The molecule has 0 aliphatic heterocycles. The molecule has 0 unspecified atom stereocenters. The largest absolute Gasteiger partial charge is 0.449 e. The van der Waals surface area contributed by atoms with Crippen molar-refractivity contribution in [2.45, 2.75) is 13.0 Å². The zero-order chi connectivity index (χ0) is 17.0. The van der Waals surface area contributed by atoms with E-state index in [1.807, 2.05) is 0 Å². The predicted octanol–water partition coefficient (Wildman–Crippen LogP) is 2.64. The first-order chi connectivity index (χ1) is 10.9. The number of rotatable bonds is 4. The second kappa shape index (κ2) is 7.06. The summed E-state index contributed by atoms with van der Waals surface area (Å²) in [6, 6.07) is 6.41. The Bertz CT molecular complexity index is 754. The monoisotopic (exact) mass is 337 g/mol. The Balaban J connectivity index is 2.03. The molecule has 1 amide bonds. The fraction of sp³-hybridized carbons (Fsp3) is 0.133. The maximum atomic E-state index is 13.0. The van der Waals surface area contributed by atoms with Gasteiger partial charge in [-0.3, -0.25) is 4.79 Å². The van der Waals surface area contributed by atoms with Crippen LogP contribution in [0.15, 0.2) is 36.5 Å². The average Bonchev–Trinajstić information content (AvgIpc) is 2.49. The third-order valence-electron chi connectivity index (χ3n) is 2.90. The van der Waals surface area contributed by atoms with Crippen molar-refractivity contribution in [1.29, 1.82) is 0 Å². The van der Waals surface area contributed by atoms with Crippen molar-refractivity contribution >= 4 is 34.9 Å². The first kappa shape index (κ1) is 16.7. The van der Waals surface area contributed by atoms with Gasteiger partial charge in [0.05, 0.1) is 11.3 Å². The predicted molar refractivity (Wildman–Crippen MR) is 83.6 cm³/mol. The van der Waals surface area contributed by atoms with Crippen LogP contribution in [0, 0.1) is 5.82 Å². The van der Waals surface area contributed by atoms with Crippen LogP contribution in [-0.4, -0.2) is 23.0 Å². The molecule has 0 saturated carbocycles. The number of carbonyl (C=O) groups excluding carboxylic acids is 2. The van der Waals surface area contributed by atoms with Crippen LogP contribution in [-0.2, 0) is 9.53 Å². The van der Waals surface area contributed by atoms with Crippen LogP contribution in [0.25, 0.3) is 0 Å². The Morgan fingerprint density at radius 2 is 2.13 bits per heavy atom. The van der Waals surface area contributed by atoms with Crippen LogP contribution >= 0.6 is 11.6 Å². The van der Waals surface area contributed by atoms with Gasteiger partial charge in [-0.1, -0.05) is 11.6 Å². The Hall–Kier alpha value is -2.67. The number of hydrogen-bond acceptors (Lipinski definition) is 5. The van der Waals surface area contributed by atoms with Gasteiger partial charge in [0.15, 0.2) is 11.3 Å². The molecule has 120 valence electrons. The van der Waals surface area contributed by atoms with Crippen LogP contribution in [0.5, 0.6) is 0 Å². The molecule has 0 fully saturated rings. The van der Waals surface area contributed by atoms with Crippen molar-refractivity contribution in [2.24, 2.45) is 0 Å². The van der Waals surface area contributed by atoms with E-state index in [0.717, 1.165) is 12.1 Å². The minimum atomic E-state index is -1.11. The van der Waals surface area contributed by atoms with E-state index in [0.29, 0.717) is 5.69 Å². The second-order valence-electron chi connectivity index (χ2n) is 4.61. The van der Waals surface area contributed by atoms with E-state index >= 15 is 0 Å². The van der Waals surface area contributed by atoms with Gasteiger partial charge >= 0.3 is 5.97 Å². The lowest BCUT2D eigenvalue weighted by molar-refractivity contribution is -0.123. The van der Waals surface area contributed by atoms with Crippen molar-refractivity contribution in [2.75, 3.05) is 11.1 Å². The van der Waals surface area contributed by atoms with E-state index in [1.54, 1.807) is 12.1 Å². The molecule has 1 aromatic carbocycles. The number of hydrogen-bond donors (Lipinski definition) is 2. The highest BCUT2D eigenvalue weighted by atomic mass is 35.5. The molecule has 6 nitrogen and oxygen atoms in total. The third kappa shape index (κ3) is 4.17. The molecule has 1 heterocycles. The molecular formula is C15H13ClFN3O3. The van der Waals surface area contributed by atoms with Crippen molar-refractivity contribution < 1.29 is 18.7 Å². The number of halogens is 2. The highest BCUT2D eigenvalue weighted by molar-refractivity contribution is 6.32. The normalized spacial score (nSPS) is 11.6. The number of esters is 1. The summed E-state index contributed by atoms with van der Waals surface area (Å²) in [5.74, 6) is -1.99. The maximum absolute atomic E-state index is 13.0. The molecule has 0 saturated heterocycles. The molecule has 3 N–H and O–H groups in total. The van der Waals surface area contributed by atoms with Gasteiger partial charge in [0, 0.05) is 11.9 Å². The average molecular weight is 338 g/mol. The van der Waals surface area contributed by atoms with Crippen LogP contribution in [0.4, 0.5) is 15.8 Å². The summed E-state index contributed by atoms with van der Waals surface area (Å²) in [7, 11) is 0.